The maximum absolute atomic E-state index is 11.5. The van der Waals surface area contributed by atoms with Gasteiger partial charge in [0.1, 0.15) is 0 Å². The van der Waals surface area contributed by atoms with Crippen LogP contribution in [0, 0.1) is 0 Å². The van der Waals surface area contributed by atoms with Crippen LogP contribution in [0.25, 0.3) is 11.6 Å². The predicted octanol–water partition coefficient (Wildman–Crippen LogP) is 5.06. The standard InChI is InChI=1S/C13H8O.C6H5Br/c14-13-7-3-6-11-10-5-2-1-4-9(10)8-12(11)13;7-6-4-2-1-3-5-6/h1-8H;1-5H. The molecule has 0 atom stereocenters. The smallest absolute Gasteiger partial charge is 0.186 e. The molecule has 0 amide bonds. The first-order valence-electron chi connectivity index (χ1n) is 6.70. The van der Waals surface area contributed by atoms with Crippen LogP contribution in [0.1, 0.15) is 11.1 Å². The summed E-state index contributed by atoms with van der Waals surface area (Å²) in [6, 6.07) is 18.1. The van der Waals surface area contributed by atoms with E-state index in [1.165, 1.54) is 5.56 Å². The van der Waals surface area contributed by atoms with E-state index >= 15 is 0 Å². The van der Waals surface area contributed by atoms with Crippen LogP contribution in [-0.2, 0) is 4.79 Å². The van der Waals surface area contributed by atoms with Crippen molar-refractivity contribution in [2.75, 3.05) is 0 Å². The molecular weight excluding hydrogens is 324 g/mol. The van der Waals surface area contributed by atoms with Crippen molar-refractivity contribution in [1.82, 2.24) is 0 Å². The lowest BCUT2D eigenvalue weighted by molar-refractivity contribution is -0.110. The fourth-order valence-electron chi connectivity index (χ4n) is 2.37. The van der Waals surface area contributed by atoms with E-state index in [9.17, 15) is 4.79 Å². The van der Waals surface area contributed by atoms with Gasteiger partial charge in [-0.15, -0.1) is 0 Å². The molecular formula is C19H13BrO. The van der Waals surface area contributed by atoms with Crippen molar-refractivity contribution in [1.29, 1.82) is 0 Å². The van der Waals surface area contributed by atoms with Crippen molar-refractivity contribution in [3.8, 4) is 0 Å². The fourth-order valence-corrected chi connectivity index (χ4v) is 2.67. The molecule has 0 N–H and O–H groups in total. The number of ketones is 1. The molecule has 0 fully saturated rings. The van der Waals surface area contributed by atoms with Crippen molar-refractivity contribution in [3.05, 3.63) is 94.0 Å². The highest BCUT2D eigenvalue weighted by Crippen LogP contribution is 2.37. The van der Waals surface area contributed by atoms with Crippen LogP contribution in [0.4, 0.5) is 0 Å². The first kappa shape index (κ1) is 13.8. The number of fused-ring (bicyclic) bond motifs is 3. The minimum absolute atomic E-state index is 0.110. The second kappa shape index (κ2) is 6.06. The van der Waals surface area contributed by atoms with E-state index in [2.05, 4.69) is 22.0 Å². The van der Waals surface area contributed by atoms with Crippen LogP contribution in [-0.4, -0.2) is 5.78 Å². The zero-order valence-corrected chi connectivity index (χ0v) is 12.9. The Morgan fingerprint density at radius 1 is 0.810 bits per heavy atom. The summed E-state index contributed by atoms with van der Waals surface area (Å²) < 4.78 is 1.13. The number of hydrogen-bond acceptors (Lipinski definition) is 1. The largest absolute Gasteiger partial charge is 0.289 e. The van der Waals surface area contributed by atoms with E-state index in [-0.39, 0.29) is 5.78 Å². The maximum atomic E-state index is 11.5. The van der Waals surface area contributed by atoms with Gasteiger partial charge in [0.2, 0.25) is 0 Å². The third-order valence-electron chi connectivity index (χ3n) is 3.35. The van der Waals surface area contributed by atoms with Gasteiger partial charge < -0.3 is 0 Å². The monoisotopic (exact) mass is 336 g/mol. The summed E-state index contributed by atoms with van der Waals surface area (Å²) in [7, 11) is 0. The number of carbonyl (C=O) groups is 1. The van der Waals surface area contributed by atoms with Crippen molar-refractivity contribution in [2.45, 2.75) is 0 Å². The second-order valence-corrected chi connectivity index (χ2v) is 5.66. The van der Waals surface area contributed by atoms with E-state index in [1.54, 1.807) is 6.08 Å². The van der Waals surface area contributed by atoms with E-state index in [1.807, 2.05) is 66.8 Å². The van der Waals surface area contributed by atoms with E-state index in [0.29, 0.717) is 0 Å². The molecule has 0 radical (unpaired) electrons. The summed E-state index contributed by atoms with van der Waals surface area (Å²) in [5, 5.41) is 0. The minimum atomic E-state index is 0.110. The second-order valence-electron chi connectivity index (χ2n) is 4.74. The van der Waals surface area contributed by atoms with Gasteiger partial charge in [-0.05, 0) is 41.0 Å². The third kappa shape index (κ3) is 2.96. The molecule has 0 bridgehead atoms. The predicted molar refractivity (Wildman–Crippen MR) is 90.7 cm³/mol. The molecule has 4 rings (SSSR count). The van der Waals surface area contributed by atoms with Gasteiger partial charge in [0.05, 0.1) is 0 Å². The normalized spacial score (nSPS) is 14.4. The summed E-state index contributed by atoms with van der Waals surface area (Å²) in [6.07, 6.45) is 7.39. The molecule has 2 heteroatoms. The molecule has 102 valence electrons. The third-order valence-corrected chi connectivity index (χ3v) is 3.88. The molecule has 0 heterocycles. The molecule has 0 aliphatic heterocycles. The Kier molecular flexibility index (Phi) is 3.98. The van der Waals surface area contributed by atoms with Crippen LogP contribution in [0.3, 0.4) is 0 Å². The first-order chi connectivity index (χ1) is 10.3. The molecule has 2 aromatic rings. The highest BCUT2D eigenvalue weighted by molar-refractivity contribution is 9.10. The lowest BCUT2D eigenvalue weighted by Gasteiger charge is -2.06. The lowest BCUT2D eigenvalue weighted by atomic mass is 9.96. The van der Waals surface area contributed by atoms with Gasteiger partial charge >= 0.3 is 0 Å². The molecule has 2 aromatic carbocycles. The molecule has 0 aromatic heterocycles. The number of benzene rings is 2. The summed E-state index contributed by atoms with van der Waals surface area (Å²) in [4.78, 5) is 11.5. The summed E-state index contributed by atoms with van der Waals surface area (Å²) in [5.74, 6) is 0.110. The first-order valence-corrected chi connectivity index (χ1v) is 7.50. The van der Waals surface area contributed by atoms with Crippen molar-refractivity contribution in [2.24, 2.45) is 0 Å². The van der Waals surface area contributed by atoms with Gasteiger partial charge in [-0.2, -0.15) is 0 Å². The SMILES string of the molecule is Brc1ccccc1.O=C1C=CC=C2C1=Cc1ccccc12. The van der Waals surface area contributed by atoms with Gasteiger partial charge in [0, 0.05) is 10.0 Å². The Bertz CT molecular complexity index is 767. The summed E-state index contributed by atoms with van der Waals surface area (Å²) in [5.41, 5.74) is 4.20. The topological polar surface area (TPSA) is 17.1 Å². The van der Waals surface area contributed by atoms with E-state index in [4.69, 9.17) is 0 Å². The highest BCUT2D eigenvalue weighted by Gasteiger charge is 2.23. The van der Waals surface area contributed by atoms with Crippen LogP contribution < -0.4 is 0 Å². The number of halogens is 1. The number of hydrogen-bond donors (Lipinski definition) is 0. The quantitative estimate of drug-likeness (QED) is 0.657. The van der Waals surface area contributed by atoms with Crippen LogP contribution in [0.5, 0.6) is 0 Å². The Balaban J connectivity index is 0.000000160. The van der Waals surface area contributed by atoms with Gasteiger partial charge in [-0.25, -0.2) is 0 Å². The molecule has 2 aliphatic carbocycles. The Hall–Kier alpha value is -2.19. The minimum Gasteiger partial charge on any atom is -0.289 e. The molecule has 21 heavy (non-hydrogen) atoms. The number of allylic oxidation sites excluding steroid dienone is 5. The fraction of sp³-hybridized carbons (Fsp3) is 0. The average molecular weight is 337 g/mol. The molecule has 0 saturated heterocycles. The number of carbonyl (C=O) groups excluding carboxylic acids is 1. The molecule has 0 saturated carbocycles. The molecule has 2 aliphatic rings. The molecule has 0 unspecified atom stereocenters. The Morgan fingerprint density at radius 3 is 2.24 bits per heavy atom. The Morgan fingerprint density at radius 2 is 1.52 bits per heavy atom. The van der Waals surface area contributed by atoms with Crippen LogP contribution in [0.15, 0.2) is 82.9 Å². The van der Waals surface area contributed by atoms with Crippen LogP contribution >= 0.6 is 15.9 Å². The van der Waals surface area contributed by atoms with Crippen molar-refractivity contribution < 1.29 is 4.79 Å². The zero-order chi connectivity index (χ0) is 14.7. The Labute approximate surface area is 132 Å². The van der Waals surface area contributed by atoms with E-state index < -0.39 is 0 Å². The van der Waals surface area contributed by atoms with Gasteiger partial charge in [0.15, 0.2) is 5.78 Å². The summed E-state index contributed by atoms with van der Waals surface area (Å²) in [6.45, 7) is 0. The highest BCUT2D eigenvalue weighted by atomic mass is 79.9. The lowest BCUT2D eigenvalue weighted by Crippen LogP contribution is -2.00. The van der Waals surface area contributed by atoms with Gasteiger partial charge in [-0.3, -0.25) is 4.79 Å². The van der Waals surface area contributed by atoms with E-state index in [0.717, 1.165) is 21.2 Å². The summed E-state index contributed by atoms with van der Waals surface area (Å²) >= 11 is 3.31. The molecule has 0 spiro atoms. The van der Waals surface area contributed by atoms with Gasteiger partial charge in [-0.1, -0.05) is 70.5 Å². The van der Waals surface area contributed by atoms with Crippen molar-refractivity contribution >= 4 is 33.4 Å². The van der Waals surface area contributed by atoms with Crippen molar-refractivity contribution in [3.63, 3.8) is 0 Å². The average Bonchev–Trinajstić information content (AvgIpc) is 2.89. The number of rotatable bonds is 0. The van der Waals surface area contributed by atoms with Crippen LogP contribution in [0.2, 0.25) is 0 Å². The van der Waals surface area contributed by atoms with Gasteiger partial charge in [0.25, 0.3) is 0 Å². The molecule has 1 nitrogen and oxygen atoms in total. The zero-order valence-electron chi connectivity index (χ0n) is 11.3. The maximum Gasteiger partial charge on any atom is 0.186 e.